The lowest BCUT2D eigenvalue weighted by Crippen LogP contribution is -2.28. The van der Waals surface area contributed by atoms with Gasteiger partial charge in [0.2, 0.25) is 0 Å². The smallest absolute Gasteiger partial charge is 0.159 e. The molecule has 1 aliphatic heterocycles. The van der Waals surface area contributed by atoms with Gasteiger partial charge in [-0.05, 0) is 31.9 Å². The third-order valence-electron chi connectivity index (χ3n) is 3.32. The Balaban J connectivity index is 1.87. The number of ether oxygens (including phenoxy) is 2. The fraction of sp³-hybridized carbons (Fsp3) is 0.600. The van der Waals surface area contributed by atoms with E-state index in [9.17, 15) is 0 Å². The molecule has 1 aromatic carbocycles. The summed E-state index contributed by atoms with van der Waals surface area (Å²) in [5.74, 6) is 0. The van der Waals surface area contributed by atoms with Gasteiger partial charge in [0.05, 0.1) is 0 Å². The van der Waals surface area contributed by atoms with E-state index in [4.69, 9.17) is 9.47 Å². The minimum Gasteiger partial charge on any atom is -0.371 e. The summed E-state index contributed by atoms with van der Waals surface area (Å²) in [6.07, 6.45) is 2.02. The SMILES string of the molecule is CCOC(CCN1CCc2ccccc21)OCC. The molecule has 0 bridgehead atoms. The van der Waals surface area contributed by atoms with Crippen molar-refractivity contribution in [2.24, 2.45) is 0 Å². The van der Waals surface area contributed by atoms with Crippen LogP contribution in [0.15, 0.2) is 24.3 Å². The Labute approximate surface area is 110 Å². The number of para-hydroxylation sites is 1. The number of benzene rings is 1. The zero-order valence-electron chi connectivity index (χ0n) is 11.4. The highest BCUT2D eigenvalue weighted by Crippen LogP contribution is 2.27. The molecule has 0 aliphatic carbocycles. The molecule has 0 saturated carbocycles. The Morgan fingerprint density at radius 1 is 1.17 bits per heavy atom. The monoisotopic (exact) mass is 249 g/mol. The lowest BCUT2D eigenvalue weighted by atomic mass is 10.2. The molecular weight excluding hydrogens is 226 g/mol. The molecule has 100 valence electrons. The first-order chi connectivity index (χ1) is 8.85. The number of anilines is 1. The molecule has 1 aromatic rings. The molecule has 0 saturated heterocycles. The van der Waals surface area contributed by atoms with Crippen molar-refractivity contribution in [3.8, 4) is 0 Å². The zero-order valence-corrected chi connectivity index (χ0v) is 11.4. The third-order valence-corrected chi connectivity index (χ3v) is 3.32. The van der Waals surface area contributed by atoms with Crippen LogP contribution in [0.2, 0.25) is 0 Å². The molecule has 0 unspecified atom stereocenters. The molecule has 18 heavy (non-hydrogen) atoms. The Morgan fingerprint density at radius 3 is 2.61 bits per heavy atom. The standard InChI is InChI=1S/C15H23NO2/c1-3-17-15(18-4-2)10-12-16-11-9-13-7-5-6-8-14(13)16/h5-8,15H,3-4,9-12H2,1-2H3. The third kappa shape index (κ3) is 3.24. The van der Waals surface area contributed by atoms with Crippen LogP contribution in [-0.2, 0) is 15.9 Å². The van der Waals surface area contributed by atoms with E-state index in [0.717, 1.165) is 25.9 Å². The second-order valence-electron chi connectivity index (χ2n) is 4.49. The quantitative estimate of drug-likeness (QED) is 0.694. The van der Waals surface area contributed by atoms with E-state index in [-0.39, 0.29) is 6.29 Å². The highest BCUT2D eigenvalue weighted by Gasteiger charge is 2.19. The van der Waals surface area contributed by atoms with Crippen molar-refractivity contribution in [2.75, 3.05) is 31.2 Å². The Morgan fingerprint density at radius 2 is 1.89 bits per heavy atom. The molecule has 0 N–H and O–H groups in total. The van der Waals surface area contributed by atoms with Crippen molar-refractivity contribution in [3.63, 3.8) is 0 Å². The normalized spacial score (nSPS) is 14.3. The molecule has 2 rings (SSSR count). The predicted molar refractivity (Wildman–Crippen MR) is 74.0 cm³/mol. The summed E-state index contributed by atoms with van der Waals surface area (Å²) < 4.78 is 11.2. The average molecular weight is 249 g/mol. The van der Waals surface area contributed by atoms with Gasteiger partial charge in [-0.15, -0.1) is 0 Å². The molecule has 0 aromatic heterocycles. The van der Waals surface area contributed by atoms with Crippen molar-refractivity contribution < 1.29 is 9.47 Å². The Bertz CT molecular complexity index is 361. The van der Waals surface area contributed by atoms with E-state index in [0.29, 0.717) is 13.2 Å². The number of nitrogens with zero attached hydrogens (tertiary/aromatic N) is 1. The predicted octanol–water partition coefficient (Wildman–Crippen LogP) is 2.84. The van der Waals surface area contributed by atoms with Gasteiger partial charge >= 0.3 is 0 Å². The van der Waals surface area contributed by atoms with Crippen molar-refractivity contribution in [2.45, 2.75) is 33.0 Å². The molecule has 1 aliphatic rings. The highest BCUT2D eigenvalue weighted by atomic mass is 16.7. The van der Waals surface area contributed by atoms with Crippen molar-refractivity contribution in [3.05, 3.63) is 29.8 Å². The molecule has 3 heteroatoms. The summed E-state index contributed by atoms with van der Waals surface area (Å²) in [6.45, 7) is 7.56. The number of fused-ring (bicyclic) bond motifs is 1. The maximum absolute atomic E-state index is 5.58. The maximum atomic E-state index is 5.58. The Hall–Kier alpha value is -1.06. The molecule has 0 amide bonds. The summed E-state index contributed by atoms with van der Waals surface area (Å²) in [5, 5.41) is 0. The van der Waals surface area contributed by atoms with Crippen LogP contribution in [0, 0.1) is 0 Å². The van der Waals surface area contributed by atoms with Gasteiger partial charge in [0, 0.05) is 38.4 Å². The summed E-state index contributed by atoms with van der Waals surface area (Å²) in [6, 6.07) is 8.65. The molecule has 1 heterocycles. The van der Waals surface area contributed by atoms with Gasteiger partial charge in [-0.1, -0.05) is 18.2 Å². The van der Waals surface area contributed by atoms with E-state index in [2.05, 4.69) is 29.2 Å². The van der Waals surface area contributed by atoms with Gasteiger partial charge in [-0.25, -0.2) is 0 Å². The van der Waals surface area contributed by atoms with Gasteiger partial charge in [0.15, 0.2) is 6.29 Å². The number of hydrogen-bond donors (Lipinski definition) is 0. The van der Waals surface area contributed by atoms with Crippen LogP contribution in [-0.4, -0.2) is 32.6 Å². The molecule has 3 nitrogen and oxygen atoms in total. The second kappa shape index (κ2) is 6.76. The lowest BCUT2D eigenvalue weighted by molar-refractivity contribution is -0.138. The van der Waals surface area contributed by atoms with Crippen molar-refractivity contribution in [1.82, 2.24) is 0 Å². The molecule has 0 atom stereocenters. The maximum Gasteiger partial charge on any atom is 0.159 e. The summed E-state index contributed by atoms with van der Waals surface area (Å²) in [5.41, 5.74) is 2.84. The number of hydrogen-bond acceptors (Lipinski definition) is 3. The second-order valence-corrected chi connectivity index (χ2v) is 4.49. The van der Waals surface area contributed by atoms with Crippen LogP contribution in [0.5, 0.6) is 0 Å². The van der Waals surface area contributed by atoms with Crippen LogP contribution in [0.1, 0.15) is 25.8 Å². The summed E-state index contributed by atoms with van der Waals surface area (Å²) in [7, 11) is 0. The first-order valence-electron chi connectivity index (χ1n) is 6.91. The van der Waals surface area contributed by atoms with Gasteiger partial charge in [0.25, 0.3) is 0 Å². The van der Waals surface area contributed by atoms with E-state index < -0.39 is 0 Å². The first kappa shape index (κ1) is 13.4. The fourth-order valence-corrected chi connectivity index (χ4v) is 2.49. The van der Waals surface area contributed by atoms with Crippen LogP contribution in [0.25, 0.3) is 0 Å². The highest BCUT2D eigenvalue weighted by molar-refractivity contribution is 5.57. The van der Waals surface area contributed by atoms with Gasteiger partial charge < -0.3 is 14.4 Å². The van der Waals surface area contributed by atoms with Crippen LogP contribution < -0.4 is 4.90 Å². The lowest BCUT2D eigenvalue weighted by Gasteiger charge is -2.23. The molecular formula is C15H23NO2. The van der Waals surface area contributed by atoms with E-state index in [1.165, 1.54) is 11.3 Å². The van der Waals surface area contributed by atoms with Crippen LogP contribution in [0.3, 0.4) is 0 Å². The average Bonchev–Trinajstić information content (AvgIpc) is 2.80. The Kier molecular flexibility index (Phi) is 5.02. The van der Waals surface area contributed by atoms with Gasteiger partial charge in [-0.2, -0.15) is 0 Å². The van der Waals surface area contributed by atoms with Crippen molar-refractivity contribution in [1.29, 1.82) is 0 Å². The molecule has 0 spiro atoms. The van der Waals surface area contributed by atoms with Gasteiger partial charge in [-0.3, -0.25) is 0 Å². The minimum atomic E-state index is -0.0623. The van der Waals surface area contributed by atoms with Crippen LogP contribution >= 0.6 is 0 Å². The van der Waals surface area contributed by atoms with Gasteiger partial charge in [0.1, 0.15) is 0 Å². The van der Waals surface area contributed by atoms with Crippen molar-refractivity contribution >= 4 is 5.69 Å². The first-order valence-corrected chi connectivity index (χ1v) is 6.91. The summed E-state index contributed by atoms with van der Waals surface area (Å²) in [4.78, 5) is 2.43. The van der Waals surface area contributed by atoms with Crippen LogP contribution in [0.4, 0.5) is 5.69 Å². The minimum absolute atomic E-state index is 0.0623. The zero-order chi connectivity index (χ0) is 12.8. The largest absolute Gasteiger partial charge is 0.371 e. The fourth-order valence-electron chi connectivity index (χ4n) is 2.49. The number of rotatable bonds is 7. The summed E-state index contributed by atoms with van der Waals surface area (Å²) >= 11 is 0. The van der Waals surface area contributed by atoms with E-state index >= 15 is 0 Å². The molecule has 0 fully saturated rings. The van der Waals surface area contributed by atoms with E-state index in [1.54, 1.807) is 0 Å². The molecule has 0 radical (unpaired) electrons. The topological polar surface area (TPSA) is 21.7 Å². The van der Waals surface area contributed by atoms with E-state index in [1.807, 2.05) is 13.8 Å².